The summed E-state index contributed by atoms with van der Waals surface area (Å²) in [5, 5.41) is 11.6. The molecule has 0 bridgehead atoms. The fourth-order valence-electron chi connectivity index (χ4n) is 3.87. The fraction of sp³-hybridized carbons (Fsp3) is 0.364. The van der Waals surface area contributed by atoms with Gasteiger partial charge in [-0.15, -0.1) is 10.2 Å². The monoisotopic (exact) mass is 425 g/mol. The molecule has 1 atom stereocenters. The molecular formula is C22H24FN5OS. The van der Waals surface area contributed by atoms with Gasteiger partial charge >= 0.3 is 0 Å². The Labute approximate surface area is 179 Å². The summed E-state index contributed by atoms with van der Waals surface area (Å²) in [6, 6.07) is 11.0. The van der Waals surface area contributed by atoms with Gasteiger partial charge in [0.25, 0.3) is 0 Å². The highest BCUT2D eigenvalue weighted by Gasteiger charge is 2.30. The molecule has 0 spiro atoms. The van der Waals surface area contributed by atoms with E-state index >= 15 is 0 Å². The minimum atomic E-state index is -0.190. The van der Waals surface area contributed by atoms with Crippen molar-refractivity contribution in [2.45, 2.75) is 45.1 Å². The summed E-state index contributed by atoms with van der Waals surface area (Å²) < 4.78 is 13.4. The van der Waals surface area contributed by atoms with Crippen LogP contribution in [-0.4, -0.2) is 32.5 Å². The van der Waals surface area contributed by atoms with E-state index in [-0.39, 0.29) is 17.8 Å². The molecule has 1 aliphatic rings. The molecule has 0 unspecified atom stereocenters. The fourth-order valence-corrected chi connectivity index (χ4v) is 4.32. The van der Waals surface area contributed by atoms with Crippen molar-refractivity contribution in [1.82, 2.24) is 20.1 Å². The molecule has 0 saturated carbocycles. The van der Waals surface area contributed by atoms with Crippen molar-refractivity contribution < 1.29 is 9.18 Å². The Morgan fingerprint density at radius 2 is 2.23 bits per heavy atom. The Hall–Kier alpha value is -2.87. The van der Waals surface area contributed by atoms with Gasteiger partial charge in [0, 0.05) is 13.0 Å². The minimum Gasteiger partial charge on any atom is -0.334 e. The van der Waals surface area contributed by atoms with Gasteiger partial charge in [0.1, 0.15) is 17.1 Å². The first-order valence-corrected chi connectivity index (χ1v) is 11.0. The van der Waals surface area contributed by atoms with Gasteiger partial charge in [-0.25, -0.2) is 9.37 Å². The number of rotatable bonds is 7. The molecule has 0 aliphatic carbocycles. The SMILES string of the molecule is Cc1cc(CCCC(=O)N2CCC[C@@H]2c2cccc(Nc3nncs3)n2)ccc1F. The molecule has 1 amide bonds. The van der Waals surface area contributed by atoms with Crippen molar-refractivity contribution in [3.05, 3.63) is 64.5 Å². The standard InChI is InChI=1S/C22H24FN5OS/c1-15-13-16(10-11-17(15)23)5-2-9-21(29)28-12-4-7-19(28)18-6-3-8-20(25-18)26-22-27-24-14-30-22/h3,6,8,10-11,13-14,19H,2,4-5,7,9,12H2,1H3,(H,25,26,27)/t19-/m1/s1. The van der Waals surface area contributed by atoms with Crippen molar-refractivity contribution in [1.29, 1.82) is 0 Å². The molecule has 1 fully saturated rings. The number of aryl methyl sites for hydroxylation is 2. The number of aromatic nitrogens is 3. The molecule has 8 heteroatoms. The number of amides is 1. The lowest BCUT2D eigenvalue weighted by atomic mass is 10.0. The number of carbonyl (C=O) groups excluding carboxylic acids is 1. The van der Waals surface area contributed by atoms with Gasteiger partial charge in [-0.1, -0.05) is 29.5 Å². The number of anilines is 2. The van der Waals surface area contributed by atoms with E-state index in [9.17, 15) is 9.18 Å². The van der Waals surface area contributed by atoms with E-state index in [1.165, 1.54) is 17.4 Å². The first-order chi connectivity index (χ1) is 14.6. The van der Waals surface area contributed by atoms with E-state index in [1.807, 2.05) is 29.2 Å². The summed E-state index contributed by atoms with van der Waals surface area (Å²) >= 11 is 1.41. The molecule has 1 N–H and O–H groups in total. The Kier molecular flexibility index (Phi) is 6.32. The molecule has 1 aliphatic heterocycles. The third-order valence-electron chi connectivity index (χ3n) is 5.36. The Balaban J connectivity index is 1.37. The minimum absolute atomic E-state index is 0.00161. The van der Waals surface area contributed by atoms with Crippen molar-refractivity contribution in [2.75, 3.05) is 11.9 Å². The van der Waals surface area contributed by atoms with E-state index in [4.69, 9.17) is 4.98 Å². The second-order valence-corrected chi connectivity index (χ2v) is 8.33. The van der Waals surface area contributed by atoms with E-state index in [0.717, 1.165) is 43.5 Å². The van der Waals surface area contributed by atoms with E-state index in [2.05, 4.69) is 15.5 Å². The zero-order valence-electron chi connectivity index (χ0n) is 16.8. The average molecular weight is 426 g/mol. The van der Waals surface area contributed by atoms with Crippen LogP contribution in [0.25, 0.3) is 0 Å². The summed E-state index contributed by atoms with van der Waals surface area (Å²) in [6.45, 7) is 2.52. The van der Waals surface area contributed by atoms with E-state index in [1.54, 1.807) is 18.5 Å². The van der Waals surface area contributed by atoms with Crippen LogP contribution in [0.5, 0.6) is 0 Å². The van der Waals surface area contributed by atoms with Gasteiger partial charge in [0.15, 0.2) is 0 Å². The first-order valence-electron chi connectivity index (χ1n) is 10.1. The van der Waals surface area contributed by atoms with Crippen LogP contribution in [0.2, 0.25) is 0 Å². The second kappa shape index (κ2) is 9.30. The number of hydrogen-bond donors (Lipinski definition) is 1. The highest BCUT2D eigenvalue weighted by Crippen LogP contribution is 2.32. The molecule has 6 nitrogen and oxygen atoms in total. The molecule has 156 valence electrons. The quantitative estimate of drug-likeness (QED) is 0.588. The van der Waals surface area contributed by atoms with Gasteiger partial charge in [0.05, 0.1) is 11.7 Å². The molecule has 1 saturated heterocycles. The highest BCUT2D eigenvalue weighted by atomic mass is 32.1. The summed E-state index contributed by atoms with van der Waals surface area (Å²) in [4.78, 5) is 19.5. The Morgan fingerprint density at radius 3 is 3.03 bits per heavy atom. The maximum Gasteiger partial charge on any atom is 0.223 e. The summed E-state index contributed by atoms with van der Waals surface area (Å²) in [5.41, 5.74) is 4.27. The predicted molar refractivity (Wildman–Crippen MR) is 115 cm³/mol. The van der Waals surface area contributed by atoms with Crippen LogP contribution < -0.4 is 5.32 Å². The zero-order chi connectivity index (χ0) is 20.9. The van der Waals surface area contributed by atoms with Crippen molar-refractivity contribution in [2.24, 2.45) is 0 Å². The highest BCUT2D eigenvalue weighted by molar-refractivity contribution is 7.13. The number of likely N-dealkylation sites (tertiary alicyclic amines) is 1. The van der Waals surface area contributed by atoms with Crippen molar-refractivity contribution in [3.8, 4) is 0 Å². The summed E-state index contributed by atoms with van der Waals surface area (Å²) in [6.07, 6.45) is 3.89. The number of carbonyl (C=O) groups is 1. The number of pyridine rings is 1. The maximum absolute atomic E-state index is 13.4. The molecule has 3 heterocycles. The van der Waals surface area contributed by atoms with Crippen molar-refractivity contribution in [3.63, 3.8) is 0 Å². The van der Waals surface area contributed by atoms with Gasteiger partial charge in [-0.05, 0) is 61.9 Å². The number of halogens is 1. The molecule has 30 heavy (non-hydrogen) atoms. The summed E-state index contributed by atoms with van der Waals surface area (Å²) in [5.74, 6) is 0.668. The van der Waals surface area contributed by atoms with Crippen LogP contribution in [-0.2, 0) is 11.2 Å². The van der Waals surface area contributed by atoms with Crippen LogP contribution >= 0.6 is 11.3 Å². The topological polar surface area (TPSA) is 71.0 Å². The average Bonchev–Trinajstić information content (AvgIpc) is 3.43. The lowest BCUT2D eigenvalue weighted by molar-refractivity contribution is -0.132. The number of hydrogen-bond acceptors (Lipinski definition) is 6. The molecule has 1 aromatic carbocycles. The van der Waals surface area contributed by atoms with E-state index in [0.29, 0.717) is 22.9 Å². The lowest BCUT2D eigenvalue weighted by Gasteiger charge is -2.24. The third-order valence-corrected chi connectivity index (χ3v) is 5.97. The van der Waals surface area contributed by atoms with Crippen LogP contribution in [0.4, 0.5) is 15.3 Å². The number of benzene rings is 1. The normalized spacial score (nSPS) is 16.1. The number of nitrogens with one attached hydrogen (secondary N) is 1. The van der Waals surface area contributed by atoms with Gasteiger partial charge < -0.3 is 10.2 Å². The van der Waals surface area contributed by atoms with E-state index < -0.39 is 0 Å². The molecule has 3 aromatic rings. The van der Waals surface area contributed by atoms with Gasteiger partial charge in [-0.3, -0.25) is 4.79 Å². The van der Waals surface area contributed by atoms with Gasteiger partial charge in [0.2, 0.25) is 11.0 Å². The zero-order valence-corrected chi connectivity index (χ0v) is 17.7. The Morgan fingerprint density at radius 1 is 1.33 bits per heavy atom. The molecule has 0 radical (unpaired) electrons. The maximum atomic E-state index is 13.4. The largest absolute Gasteiger partial charge is 0.334 e. The van der Waals surface area contributed by atoms with Crippen LogP contribution in [0.15, 0.2) is 41.9 Å². The molecule has 4 rings (SSSR count). The third kappa shape index (κ3) is 4.81. The molecular weight excluding hydrogens is 401 g/mol. The van der Waals surface area contributed by atoms with Crippen LogP contribution in [0.3, 0.4) is 0 Å². The first kappa shape index (κ1) is 20.4. The smallest absolute Gasteiger partial charge is 0.223 e. The Bertz CT molecular complexity index is 1010. The van der Waals surface area contributed by atoms with Crippen LogP contribution in [0, 0.1) is 12.7 Å². The van der Waals surface area contributed by atoms with Gasteiger partial charge in [-0.2, -0.15) is 0 Å². The van der Waals surface area contributed by atoms with Crippen molar-refractivity contribution >= 4 is 28.2 Å². The lowest BCUT2D eigenvalue weighted by Crippen LogP contribution is -2.30. The number of nitrogens with zero attached hydrogens (tertiary/aromatic N) is 4. The second-order valence-electron chi connectivity index (χ2n) is 7.50. The molecule has 2 aromatic heterocycles. The van der Waals surface area contributed by atoms with Crippen LogP contribution in [0.1, 0.15) is 48.5 Å². The predicted octanol–water partition coefficient (Wildman–Crippen LogP) is 4.81. The summed E-state index contributed by atoms with van der Waals surface area (Å²) in [7, 11) is 0.